The maximum Gasteiger partial charge on any atom is 0.238 e. The lowest BCUT2D eigenvalue weighted by Gasteiger charge is -2.23. The molecule has 31 heavy (non-hydrogen) atoms. The normalized spacial score (nSPS) is 16.0. The molecule has 1 fully saturated rings. The second-order valence-electron chi connectivity index (χ2n) is 7.20. The molecule has 1 unspecified atom stereocenters. The predicted octanol–water partition coefficient (Wildman–Crippen LogP) is 3.01. The minimum atomic E-state index is -4.28. The molecule has 0 bridgehead atoms. The highest BCUT2D eigenvalue weighted by Crippen LogP contribution is 2.49. The van der Waals surface area contributed by atoms with E-state index in [-0.39, 0.29) is 19.3 Å². The first-order chi connectivity index (χ1) is 14.5. The summed E-state index contributed by atoms with van der Waals surface area (Å²) in [5.74, 6) is -5.35. The molecule has 0 saturated heterocycles. The zero-order chi connectivity index (χ0) is 23.0. The van der Waals surface area contributed by atoms with Crippen LogP contribution in [0, 0.1) is 23.3 Å². The first kappa shape index (κ1) is 23.1. The number of halogens is 4. The number of aliphatic hydroxyl groups excluding tert-OH is 2. The highest BCUT2D eigenvalue weighted by Gasteiger charge is 2.55. The smallest absolute Gasteiger partial charge is 0.238 e. The minimum Gasteiger partial charge on any atom is -0.494 e. The van der Waals surface area contributed by atoms with Gasteiger partial charge in [-0.05, 0) is 31.4 Å². The lowest BCUT2D eigenvalue weighted by Crippen LogP contribution is -2.34. The summed E-state index contributed by atoms with van der Waals surface area (Å²) in [5, 5.41) is 21.0. The number of sulfonamides is 1. The van der Waals surface area contributed by atoms with Gasteiger partial charge in [0.2, 0.25) is 10.0 Å². The van der Waals surface area contributed by atoms with Gasteiger partial charge in [0.05, 0.1) is 30.3 Å². The van der Waals surface area contributed by atoms with Gasteiger partial charge < -0.3 is 20.3 Å². The number of hydrogen-bond donors (Lipinski definition) is 4. The molecule has 0 aliphatic heterocycles. The molecule has 2 aromatic carbocycles. The Morgan fingerprint density at radius 3 is 2.35 bits per heavy atom. The molecule has 0 aromatic heterocycles. The number of ether oxygens (including phenoxy) is 1. The molecule has 12 heteroatoms. The summed E-state index contributed by atoms with van der Waals surface area (Å²) in [7, 11) is -3.19. The summed E-state index contributed by atoms with van der Waals surface area (Å²) in [4.78, 5) is 0. The topological polar surface area (TPSA) is 108 Å². The van der Waals surface area contributed by atoms with E-state index in [1.165, 1.54) is 0 Å². The Morgan fingerprint density at radius 1 is 1.13 bits per heavy atom. The van der Waals surface area contributed by atoms with Crippen molar-refractivity contribution in [3.63, 3.8) is 0 Å². The van der Waals surface area contributed by atoms with E-state index in [4.69, 9.17) is 9.84 Å². The van der Waals surface area contributed by atoms with Crippen LogP contribution in [-0.2, 0) is 10.0 Å². The van der Waals surface area contributed by atoms with Gasteiger partial charge in [0, 0.05) is 12.1 Å². The maximum absolute atomic E-state index is 14.6. The lowest BCUT2D eigenvalue weighted by atomic mass is 10.2. The third-order valence-electron chi connectivity index (χ3n) is 5.03. The van der Waals surface area contributed by atoms with Crippen molar-refractivity contribution in [3.8, 4) is 5.75 Å². The summed E-state index contributed by atoms with van der Waals surface area (Å²) >= 11 is 0. The van der Waals surface area contributed by atoms with Gasteiger partial charge in [-0.3, -0.25) is 4.72 Å². The number of nitrogens with one attached hydrogen (secondary N) is 2. The van der Waals surface area contributed by atoms with E-state index in [1.54, 1.807) is 0 Å². The molecule has 0 amide bonds. The zero-order valence-corrected chi connectivity index (χ0v) is 17.1. The molecule has 7 nitrogen and oxygen atoms in total. The van der Waals surface area contributed by atoms with Gasteiger partial charge in [0.15, 0.2) is 11.6 Å². The molecule has 3 rings (SSSR count). The van der Waals surface area contributed by atoms with Crippen LogP contribution in [-0.4, -0.2) is 43.2 Å². The van der Waals surface area contributed by atoms with Crippen LogP contribution in [0.15, 0.2) is 24.3 Å². The summed E-state index contributed by atoms with van der Waals surface area (Å²) in [6, 6.07) is 2.93. The van der Waals surface area contributed by atoms with E-state index >= 15 is 0 Å². The van der Waals surface area contributed by atoms with Gasteiger partial charge in [-0.15, -0.1) is 0 Å². The summed E-state index contributed by atoms with van der Waals surface area (Å²) < 4.78 is 87.6. The van der Waals surface area contributed by atoms with Crippen LogP contribution in [0.4, 0.5) is 34.6 Å². The Kier molecular flexibility index (Phi) is 6.35. The number of anilines is 3. The molecular weight excluding hydrogens is 444 g/mol. The van der Waals surface area contributed by atoms with Crippen LogP contribution >= 0.6 is 0 Å². The van der Waals surface area contributed by atoms with Gasteiger partial charge in [0.1, 0.15) is 28.8 Å². The van der Waals surface area contributed by atoms with Crippen molar-refractivity contribution in [2.24, 2.45) is 0 Å². The summed E-state index contributed by atoms with van der Waals surface area (Å²) in [6.07, 6.45) is -1.24. The largest absolute Gasteiger partial charge is 0.494 e. The number of benzene rings is 2. The fourth-order valence-corrected chi connectivity index (χ4v) is 4.91. The highest BCUT2D eigenvalue weighted by molar-refractivity contribution is 7.94. The molecular formula is C19H20F4N2O5S. The quantitative estimate of drug-likeness (QED) is 0.425. The molecule has 0 heterocycles. The molecule has 0 radical (unpaired) electrons. The van der Waals surface area contributed by atoms with Gasteiger partial charge in [-0.1, -0.05) is 0 Å². The van der Waals surface area contributed by atoms with Crippen molar-refractivity contribution in [1.29, 1.82) is 0 Å². The second kappa shape index (κ2) is 8.52. The minimum absolute atomic E-state index is 0.167. The van der Waals surface area contributed by atoms with Crippen LogP contribution in [0.25, 0.3) is 0 Å². The SMILES string of the molecule is COc1cc(F)c(F)c(Nc2ccc(F)cc2F)c1NS(=O)(=O)C1(CC(O)CO)CC1. The monoisotopic (exact) mass is 464 g/mol. The van der Waals surface area contributed by atoms with Crippen LogP contribution in [0.2, 0.25) is 0 Å². The predicted molar refractivity (Wildman–Crippen MR) is 105 cm³/mol. The van der Waals surface area contributed by atoms with Gasteiger partial charge >= 0.3 is 0 Å². The zero-order valence-electron chi connectivity index (χ0n) is 16.3. The highest BCUT2D eigenvalue weighted by atomic mass is 32.2. The van der Waals surface area contributed by atoms with Crippen molar-refractivity contribution < 1.29 is 40.9 Å². The third kappa shape index (κ3) is 4.55. The van der Waals surface area contributed by atoms with Crippen molar-refractivity contribution in [2.45, 2.75) is 30.1 Å². The average molecular weight is 464 g/mol. The standard InChI is InChI=1S/C19H20F4N2O5S/c1-30-15-7-13(22)16(23)18(24-14-3-2-10(20)6-12(14)21)17(15)25-31(28,29)19(4-5-19)8-11(27)9-26/h2-3,6-7,11,24-27H,4-5,8-9H2,1H3. The number of hydrogen-bond acceptors (Lipinski definition) is 6. The first-order valence-corrected chi connectivity index (χ1v) is 10.6. The molecule has 1 atom stereocenters. The number of methoxy groups -OCH3 is 1. The molecule has 0 spiro atoms. The Hall–Kier alpha value is -2.57. The van der Waals surface area contributed by atoms with E-state index in [2.05, 4.69) is 10.0 Å². The van der Waals surface area contributed by atoms with E-state index in [9.17, 15) is 31.1 Å². The van der Waals surface area contributed by atoms with Crippen LogP contribution in [0.5, 0.6) is 5.75 Å². The Balaban J connectivity index is 2.06. The Bertz CT molecular complexity index is 1090. The maximum atomic E-state index is 14.6. The fraction of sp³-hybridized carbons (Fsp3) is 0.368. The molecule has 1 saturated carbocycles. The molecule has 1 aliphatic rings. The molecule has 2 aromatic rings. The van der Waals surface area contributed by atoms with Crippen molar-refractivity contribution >= 4 is 27.1 Å². The van der Waals surface area contributed by atoms with Crippen LogP contribution in [0.3, 0.4) is 0 Å². The summed E-state index contributed by atoms with van der Waals surface area (Å²) in [5.41, 5.74) is -1.75. The average Bonchev–Trinajstić information content (AvgIpc) is 3.50. The van der Waals surface area contributed by atoms with Gasteiger partial charge in [0.25, 0.3) is 0 Å². The van der Waals surface area contributed by atoms with E-state index in [0.29, 0.717) is 12.1 Å². The number of aliphatic hydroxyl groups is 2. The molecule has 4 N–H and O–H groups in total. The van der Waals surface area contributed by atoms with E-state index in [0.717, 1.165) is 19.2 Å². The van der Waals surface area contributed by atoms with Gasteiger partial charge in [-0.2, -0.15) is 0 Å². The van der Waals surface area contributed by atoms with Crippen LogP contribution < -0.4 is 14.8 Å². The second-order valence-corrected chi connectivity index (χ2v) is 9.28. The Morgan fingerprint density at radius 2 is 1.81 bits per heavy atom. The Labute approximate surface area is 175 Å². The molecule has 1 aliphatic carbocycles. The fourth-order valence-electron chi connectivity index (χ4n) is 3.17. The van der Waals surface area contributed by atoms with Gasteiger partial charge in [-0.25, -0.2) is 26.0 Å². The van der Waals surface area contributed by atoms with Crippen molar-refractivity contribution in [3.05, 3.63) is 47.5 Å². The molecule has 170 valence electrons. The van der Waals surface area contributed by atoms with Crippen molar-refractivity contribution in [2.75, 3.05) is 23.8 Å². The first-order valence-electron chi connectivity index (χ1n) is 9.13. The van der Waals surface area contributed by atoms with E-state index < -0.39 is 73.6 Å². The lowest BCUT2D eigenvalue weighted by molar-refractivity contribution is 0.0858. The van der Waals surface area contributed by atoms with Crippen LogP contribution in [0.1, 0.15) is 19.3 Å². The van der Waals surface area contributed by atoms with E-state index in [1.807, 2.05) is 0 Å². The third-order valence-corrected chi connectivity index (χ3v) is 7.21. The summed E-state index contributed by atoms with van der Waals surface area (Å²) in [6.45, 7) is -0.650. The number of rotatable bonds is 9. The van der Waals surface area contributed by atoms with Crippen molar-refractivity contribution in [1.82, 2.24) is 0 Å².